The Bertz CT molecular complexity index is 496. The highest BCUT2D eigenvalue weighted by atomic mass is 79.9. The van der Waals surface area contributed by atoms with Gasteiger partial charge >= 0.3 is 0 Å². The smallest absolute Gasteiger partial charge is 0.160 e. The Morgan fingerprint density at radius 2 is 2.29 bits per heavy atom. The number of halogens is 1. The van der Waals surface area contributed by atoms with E-state index in [-0.39, 0.29) is 12.2 Å². The van der Waals surface area contributed by atoms with Crippen LogP contribution in [0.3, 0.4) is 0 Å². The lowest BCUT2D eigenvalue weighted by atomic mass is 10.1. The molecule has 0 aliphatic heterocycles. The molecule has 88 valence electrons. The fraction of sp³-hybridized carbons (Fsp3) is 0.167. The van der Waals surface area contributed by atoms with Gasteiger partial charge in [0, 0.05) is 21.2 Å². The molecule has 0 radical (unpaired) electrons. The van der Waals surface area contributed by atoms with Crippen molar-refractivity contribution < 1.29 is 4.79 Å². The van der Waals surface area contributed by atoms with Crippen molar-refractivity contribution in [3.8, 4) is 0 Å². The summed E-state index contributed by atoms with van der Waals surface area (Å²) in [6.45, 7) is 0. The maximum Gasteiger partial charge on any atom is 0.160 e. The summed E-state index contributed by atoms with van der Waals surface area (Å²) < 4.78 is 0.899. The monoisotopic (exact) mass is 310 g/mol. The van der Waals surface area contributed by atoms with Crippen LogP contribution in [-0.2, 0) is 11.2 Å². The van der Waals surface area contributed by atoms with E-state index in [0.717, 1.165) is 15.0 Å². The minimum absolute atomic E-state index is 0.0118. The lowest BCUT2D eigenvalue weighted by Gasteiger charge is -2.07. The van der Waals surface area contributed by atoms with Crippen LogP contribution in [0.1, 0.15) is 16.6 Å². The van der Waals surface area contributed by atoms with E-state index in [1.165, 1.54) is 11.3 Å². The van der Waals surface area contributed by atoms with E-state index in [2.05, 4.69) is 20.9 Å². The molecule has 0 aromatic carbocycles. The summed E-state index contributed by atoms with van der Waals surface area (Å²) in [5.41, 5.74) is 6.63. The van der Waals surface area contributed by atoms with Gasteiger partial charge in [0.15, 0.2) is 5.78 Å². The van der Waals surface area contributed by atoms with E-state index < -0.39 is 6.04 Å². The molecule has 0 saturated heterocycles. The maximum atomic E-state index is 11.9. The summed E-state index contributed by atoms with van der Waals surface area (Å²) in [4.78, 5) is 17.0. The average Bonchev–Trinajstić information content (AvgIpc) is 2.84. The van der Waals surface area contributed by atoms with Crippen LogP contribution < -0.4 is 5.73 Å². The van der Waals surface area contributed by atoms with Crippen molar-refractivity contribution >= 4 is 33.0 Å². The molecule has 1 unspecified atom stereocenters. The van der Waals surface area contributed by atoms with Crippen LogP contribution in [0, 0.1) is 0 Å². The maximum absolute atomic E-state index is 11.9. The van der Waals surface area contributed by atoms with Crippen molar-refractivity contribution in [1.29, 1.82) is 0 Å². The zero-order valence-corrected chi connectivity index (χ0v) is 11.4. The molecule has 0 bridgehead atoms. The normalized spacial score (nSPS) is 12.4. The van der Waals surface area contributed by atoms with Gasteiger partial charge in [-0.25, -0.2) is 0 Å². The van der Waals surface area contributed by atoms with Crippen molar-refractivity contribution in [1.82, 2.24) is 4.98 Å². The number of carbonyl (C=O) groups excluding carboxylic acids is 1. The Morgan fingerprint density at radius 1 is 1.47 bits per heavy atom. The number of nitrogens with two attached hydrogens (primary N) is 1. The summed E-state index contributed by atoms with van der Waals surface area (Å²) in [5.74, 6) is -0.0118. The molecule has 2 rings (SSSR count). The van der Waals surface area contributed by atoms with Crippen LogP contribution in [0.15, 0.2) is 40.3 Å². The van der Waals surface area contributed by atoms with Crippen molar-refractivity contribution in [2.24, 2.45) is 5.73 Å². The number of hydrogen-bond donors (Lipinski definition) is 1. The summed E-state index contributed by atoms with van der Waals surface area (Å²) in [6.07, 6.45) is 1.95. The molecule has 0 aliphatic carbocycles. The Morgan fingerprint density at radius 3 is 2.88 bits per heavy atom. The Kier molecular flexibility index (Phi) is 4.04. The largest absolute Gasteiger partial charge is 0.317 e. The summed E-state index contributed by atoms with van der Waals surface area (Å²) >= 11 is 4.80. The third-order valence-electron chi connectivity index (χ3n) is 2.34. The first kappa shape index (κ1) is 12.4. The number of pyridine rings is 1. The van der Waals surface area contributed by atoms with Crippen molar-refractivity contribution in [2.75, 3.05) is 0 Å². The SMILES string of the molecule is NC(C(=O)Cc1ccc(Br)cn1)c1cccs1. The van der Waals surface area contributed by atoms with E-state index >= 15 is 0 Å². The highest BCUT2D eigenvalue weighted by Crippen LogP contribution is 2.19. The second-order valence-electron chi connectivity index (χ2n) is 3.60. The standard InChI is InChI=1S/C12H11BrN2OS/c13-8-3-4-9(15-7-8)6-10(16)12(14)11-2-1-5-17-11/h1-5,7,12H,6,14H2. The van der Waals surface area contributed by atoms with Gasteiger partial charge in [-0.15, -0.1) is 11.3 Å². The van der Waals surface area contributed by atoms with Crippen LogP contribution in [0.25, 0.3) is 0 Å². The number of Topliss-reactive ketones (excluding diaryl/α,β-unsaturated/α-hetero) is 1. The third-order valence-corrected chi connectivity index (χ3v) is 3.77. The molecule has 0 amide bonds. The first-order valence-electron chi connectivity index (χ1n) is 5.09. The van der Waals surface area contributed by atoms with Gasteiger partial charge in [0.2, 0.25) is 0 Å². The first-order chi connectivity index (χ1) is 8.16. The van der Waals surface area contributed by atoms with E-state index in [4.69, 9.17) is 5.73 Å². The van der Waals surface area contributed by atoms with Crippen LogP contribution in [0.4, 0.5) is 0 Å². The Hall–Kier alpha value is -1.04. The molecular formula is C12H11BrN2OS. The van der Waals surface area contributed by atoms with E-state index in [0.29, 0.717) is 0 Å². The van der Waals surface area contributed by atoms with E-state index in [9.17, 15) is 4.79 Å². The number of ketones is 1. The lowest BCUT2D eigenvalue weighted by Crippen LogP contribution is -2.22. The summed E-state index contributed by atoms with van der Waals surface area (Å²) in [5, 5.41) is 1.92. The van der Waals surface area contributed by atoms with Gasteiger partial charge in [0.25, 0.3) is 0 Å². The molecule has 3 nitrogen and oxygen atoms in total. The zero-order valence-electron chi connectivity index (χ0n) is 8.97. The molecule has 0 aliphatic rings. The van der Waals surface area contributed by atoms with Gasteiger partial charge < -0.3 is 5.73 Å². The van der Waals surface area contributed by atoms with Gasteiger partial charge in [-0.3, -0.25) is 9.78 Å². The van der Waals surface area contributed by atoms with E-state index in [1.807, 2.05) is 29.6 Å². The summed E-state index contributed by atoms with van der Waals surface area (Å²) in [6, 6.07) is 6.92. The van der Waals surface area contributed by atoms with Gasteiger partial charge in [0.05, 0.1) is 12.5 Å². The highest BCUT2D eigenvalue weighted by molar-refractivity contribution is 9.10. The molecule has 17 heavy (non-hydrogen) atoms. The highest BCUT2D eigenvalue weighted by Gasteiger charge is 2.17. The van der Waals surface area contributed by atoms with Gasteiger partial charge in [-0.05, 0) is 39.5 Å². The predicted molar refractivity (Wildman–Crippen MR) is 71.9 cm³/mol. The fourth-order valence-electron chi connectivity index (χ4n) is 1.43. The number of nitrogens with zero attached hydrogens (tertiary/aromatic N) is 1. The lowest BCUT2D eigenvalue weighted by molar-refractivity contribution is -0.119. The third kappa shape index (κ3) is 3.21. The van der Waals surface area contributed by atoms with E-state index in [1.54, 1.807) is 6.20 Å². The second-order valence-corrected chi connectivity index (χ2v) is 5.50. The number of rotatable bonds is 4. The van der Waals surface area contributed by atoms with Crippen LogP contribution >= 0.6 is 27.3 Å². The van der Waals surface area contributed by atoms with Crippen LogP contribution in [0.5, 0.6) is 0 Å². The topological polar surface area (TPSA) is 56.0 Å². The minimum Gasteiger partial charge on any atom is -0.317 e. The molecule has 2 N–H and O–H groups in total. The molecule has 1 atom stereocenters. The Labute approximate surface area is 112 Å². The molecule has 2 aromatic rings. The van der Waals surface area contributed by atoms with Crippen molar-refractivity contribution in [2.45, 2.75) is 12.5 Å². The number of aromatic nitrogens is 1. The Balaban J connectivity index is 2.04. The van der Waals surface area contributed by atoms with Gasteiger partial charge in [0.1, 0.15) is 0 Å². The molecular weight excluding hydrogens is 300 g/mol. The van der Waals surface area contributed by atoms with Crippen molar-refractivity contribution in [3.63, 3.8) is 0 Å². The van der Waals surface area contributed by atoms with Crippen molar-refractivity contribution in [3.05, 3.63) is 50.9 Å². The minimum atomic E-state index is -0.541. The predicted octanol–water partition coefficient (Wildman–Crippen LogP) is 2.72. The van der Waals surface area contributed by atoms with Crippen LogP contribution in [-0.4, -0.2) is 10.8 Å². The second kappa shape index (κ2) is 5.53. The zero-order chi connectivity index (χ0) is 12.3. The number of hydrogen-bond acceptors (Lipinski definition) is 4. The quantitative estimate of drug-likeness (QED) is 0.944. The molecule has 5 heteroatoms. The molecule has 2 aromatic heterocycles. The molecule has 0 spiro atoms. The van der Waals surface area contributed by atoms with Gasteiger partial charge in [-0.2, -0.15) is 0 Å². The molecule has 0 saturated carbocycles. The fourth-order valence-corrected chi connectivity index (χ4v) is 2.41. The number of thiophene rings is 1. The van der Waals surface area contributed by atoms with Gasteiger partial charge in [-0.1, -0.05) is 6.07 Å². The molecule has 0 fully saturated rings. The number of carbonyl (C=O) groups is 1. The average molecular weight is 311 g/mol. The van der Waals surface area contributed by atoms with Crippen LogP contribution in [0.2, 0.25) is 0 Å². The summed E-state index contributed by atoms with van der Waals surface area (Å²) in [7, 11) is 0. The first-order valence-corrected chi connectivity index (χ1v) is 6.76. The molecule has 2 heterocycles.